The van der Waals surface area contributed by atoms with Gasteiger partial charge in [-0.15, -0.1) is 0 Å². The van der Waals surface area contributed by atoms with Crippen molar-refractivity contribution in [3.63, 3.8) is 0 Å². The zero-order valence-electron chi connectivity index (χ0n) is 20.9. The number of piperazine rings is 1. The van der Waals surface area contributed by atoms with Crippen molar-refractivity contribution in [2.75, 3.05) is 57.3 Å². The average Bonchev–Trinajstić information content (AvgIpc) is 2.90. The highest BCUT2D eigenvalue weighted by atomic mass is 35.5. The largest absolute Gasteiger partial charge is 0.490 e. The van der Waals surface area contributed by atoms with Gasteiger partial charge in [0.1, 0.15) is 11.9 Å². The Morgan fingerprint density at radius 1 is 1.03 bits per heavy atom. The Morgan fingerprint density at radius 3 is 2.41 bits per heavy atom. The minimum Gasteiger partial charge on any atom is -0.490 e. The van der Waals surface area contributed by atoms with Gasteiger partial charge in [0.05, 0.1) is 21.6 Å². The number of hydrogen-bond acceptors (Lipinski definition) is 7. The Balaban J connectivity index is 1.18. The number of ether oxygens (including phenoxy) is 2. The molecule has 0 aliphatic carbocycles. The van der Waals surface area contributed by atoms with E-state index >= 15 is 0 Å². The maximum Gasteiger partial charge on any atom is 0.311 e. The average molecular weight is 551 g/mol. The minimum atomic E-state index is -0.464. The lowest BCUT2D eigenvalue weighted by atomic mass is 10.1. The van der Waals surface area contributed by atoms with Gasteiger partial charge in [-0.2, -0.15) is 0 Å². The van der Waals surface area contributed by atoms with E-state index in [-0.39, 0.29) is 23.4 Å². The van der Waals surface area contributed by atoms with E-state index in [1.807, 2.05) is 23.1 Å². The molecule has 0 spiro atoms. The summed E-state index contributed by atoms with van der Waals surface area (Å²) in [7, 11) is 0. The molecule has 0 aromatic heterocycles. The molecule has 2 aliphatic rings. The fraction of sp³-hybridized carbons (Fsp3) is 0.500. The van der Waals surface area contributed by atoms with Gasteiger partial charge in [0.25, 0.3) is 0 Å². The molecule has 200 valence electrons. The Bertz CT molecular complexity index is 1100. The number of carbonyl (C=O) groups is 1. The van der Waals surface area contributed by atoms with Crippen LogP contribution in [-0.2, 0) is 4.79 Å². The molecule has 11 heteroatoms. The van der Waals surface area contributed by atoms with Crippen LogP contribution in [0.3, 0.4) is 0 Å². The van der Waals surface area contributed by atoms with Crippen LogP contribution in [0, 0.1) is 10.1 Å². The van der Waals surface area contributed by atoms with Crippen LogP contribution >= 0.6 is 23.2 Å². The van der Waals surface area contributed by atoms with Crippen molar-refractivity contribution in [2.45, 2.75) is 32.3 Å². The Morgan fingerprint density at radius 2 is 1.76 bits per heavy atom. The predicted molar refractivity (Wildman–Crippen MR) is 144 cm³/mol. The predicted octanol–water partition coefficient (Wildman–Crippen LogP) is 4.88. The van der Waals surface area contributed by atoms with Gasteiger partial charge in [-0.1, -0.05) is 23.2 Å². The molecule has 0 unspecified atom stereocenters. The van der Waals surface area contributed by atoms with E-state index in [0.717, 1.165) is 51.3 Å². The van der Waals surface area contributed by atoms with Gasteiger partial charge < -0.3 is 19.3 Å². The number of nitro groups is 1. The van der Waals surface area contributed by atoms with Crippen LogP contribution in [0.2, 0.25) is 10.0 Å². The Hall–Kier alpha value is -2.75. The molecule has 2 saturated heterocycles. The lowest BCUT2D eigenvalue weighted by Crippen LogP contribution is -2.48. The maximum atomic E-state index is 12.8. The van der Waals surface area contributed by atoms with Gasteiger partial charge in [0.15, 0.2) is 0 Å². The van der Waals surface area contributed by atoms with Gasteiger partial charge in [-0.3, -0.25) is 19.8 Å². The second kappa shape index (κ2) is 12.7. The molecule has 2 aliphatic heterocycles. The zero-order chi connectivity index (χ0) is 26.4. The molecular weight excluding hydrogens is 519 g/mol. The zero-order valence-corrected chi connectivity index (χ0v) is 22.4. The number of rotatable bonds is 9. The topological polar surface area (TPSA) is 88.4 Å². The van der Waals surface area contributed by atoms with Crippen molar-refractivity contribution in [3.05, 3.63) is 56.6 Å². The van der Waals surface area contributed by atoms with E-state index in [1.165, 1.54) is 6.07 Å². The molecule has 9 nitrogen and oxygen atoms in total. The van der Waals surface area contributed by atoms with Crippen molar-refractivity contribution < 1.29 is 19.2 Å². The van der Waals surface area contributed by atoms with Crippen LogP contribution in [0.5, 0.6) is 11.5 Å². The van der Waals surface area contributed by atoms with Gasteiger partial charge in [0.2, 0.25) is 11.7 Å². The molecule has 2 fully saturated rings. The Labute approximate surface area is 227 Å². The van der Waals surface area contributed by atoms with Crippen LogP contribution in [0.4, 0.5) is 11.4 Å². The maximum absolute atomic E-state index is 12.8. The highest BCUT2D eigenvalue weighted by Gasteiger charge is 2.26. The van der Waals surface area contributed by atoms with Gasteiger partial charge in [0, 0.05) is 82.9 Å². The van der Waals surface area contributed by atoms with Crippen LogP contribution in [0.1, 0.15) is 26.2 Å². The van der Waals surface area contributed by atoms with Crippen LogP contribution < -0.4 is 14.4 Å². The number of halogens is 2. The fourth-order valence-corrected chi connectivity index (χ4v) is 5.02. The quantitative estimate of drug-likeness (QED) is 0.324. The third-order valence-corrected chi connectivity index (χ3v) is 7.55. The first-order valence-corrected chi connectivity index (χ1v) is 13.4. The number of benzene rings is 2. The first kappa shape index (κ1) is 27.3. The summed E-state index contributed by atoms with van der Waals surface area (Å²) in [5.74, 6) is 0.911. The van der Waals surface area contributed by atoms with E-state index in [0.29, 0.717) is 41.9 Å². The Kier molecular flexibility index (Phi) is 9.34. The van der Waals surface area contributed by atoms with Gasteiger partial charge in [-0.25, -0.2) is 0 Å². The molecule has 0 bridgehead atoms. The molecule has 0 atom stereocenters. The summed E-state index contributed by atoms with van der Waals surface area (Å²) in [4.78, 5) is 30.1. The highest BCUT2D eigenvalue weighted by Crippen LogP contribution is 2.32. The molecule has 2 aromatic rings. The standard InChI is InChI=1S/C26H32Cl2N4O5/c1-2-36-25-18-21(4-6-24(25)32(34)35)37-20-7-11-31(12-8-20)26(33)9-10-29-13-15-30(16-14-29)19-3-5-22(27)23(28)17-19/h3-6,17-18,20H,2,7-16H2,1H3. The summed E-state index contributed by atoms with van der Waals surface area (Å²) < 4.78 is 11.5. The van der Waals surface area contributed by atoms with Crippen molar-refractivity contribution >= 4 is 40.5 Å². The van der Waals surface area contributed by atoms with Crippen molar-refractivity contribution in [2.24, 2.45) is 0 Å². The first-order valence-electron chi connectivity index (χ1n) is 12.6. The number of anilines is 1. The van der Waals surface area contributed by atoms with E-state index in [9.17, 15) is 14.9 Å². The van der Waals surface area contributed by atoms with Crippen LogP contribution in [-0.4, -0.2) is 79.2 Å². The molecule has 0 saturated carbocycles. The number of piperidine rings is 1. The van der Waals surface area contributed by atoms with Crippen molar-refractivity contribution in [1.82, 2.24) is 9.80 Å². The minimum absolute atomic E-state index is 0.0468. The summed E-state index contributed by atoms with van der Waals surface area (Å²) in [5.41, 5.74) is 0.989. The van der Waals surface area contributed by atoms with E-state index < -0.39 is 4.92 Å². The summed E-state index contributed by atoms with van der Waals surface area (Å²) in [6.07, 6.45) is 1.89. The molecule has 2 aromatic carbocycles. The lowest BCUT2D eigenvalue weighted by molar-refractivity contribution is -0.385. The molecular formula is C26H32Cl2N4O5. The fourth-order valence-electron chi connectivity index (χ4n) is 4.73. The SMILES string of the molecule is CCOc1cc(OC2CCN(C(=O)CCN3CCN(c4ccc(Cl)c(Cl)c4)CC3)CC2)ccc1[N+](=O)[O-]. The number of likely N-dealkylation sites (tertiary alicyclic amines) is 1. The number of carbonyl (C=O) groups excluding carboxylic acids is 1. The number of hydrogen-bond donors (Lipinski definition) is 0. The lowest BCUT2D eigenvalue weighted by Gasteiger charge is -2.37. The molecule has 37 heavy (non-hydrogen) atoms. The number of nitrogens with zero attached hydrogens (tertiary/aromatic N) is 4. The second-order valence-corrected chi connectivity index (χ2v) is 10.0. The third-order valence-electron chi connectivity index (χ3n) is 6.81. The monoisotopic (exact) mass is 550 g/mol. The summed E-state index contributed by atoms with van der Waals surface area (Å²) in [5, 5.41) is 12.3. The van der Waals surface area contributed by atoms with E-state index in [1.54, 1.807) is 19.1 Å². The smallest absolute Gasteiger partial charge is 0.311 e. The van der Waals surface area contributed by atoms with Gasteiger partial charge >= 0.3 is 5.69 Å². The van der Waals surface area contributed by atoms with Gasteiger partial charge in [-0.05, 0) is 31.2 Å². The molecule has 2 heterocycles. The molecule has 1 amide bonds. The summed E-state index contributed by atoms with van der Waals surface area (Å²) in [6.45, 7) is 7.67. The normalized spacial score (nSPS) is 17.1. The summed E-state index contributed by atoms with van der Waals surface area (Å²) >= 11 is 12.2. The molecule has 0 N–H and O–H groups in total. The first-order chi connectivity index (χ1) is 17.8. The van der Waals surface area contributed by atoms with Crippen molar-refractivity contribution in [1.29, 1.82) is 0 Å². The van der Waals surface area contributed by atoms with E-state index in [4.69, 9.17) is 32.7 Å². The second-order valence-electron chi connectivity index (χ2n) is 9.19. The highest BCUT2D eigenvalue weighted by molar-refractivity contribution is 6.42. The van der Waals surface area contributed by atoms with E-state index in [2.05, 4.69) is 9.80 Å². The van der Waals surface area contributed by atoms with Crippen LogP contribution in [0.25, 0.3) is 0 Å². The number of nitro benzene ring substituents is 1. The summed E-state index contributed by atoms with van der Waals surface area (Å²) in [6, 6.07) is 10.3. The molecule has 4 rings (SSSR count). The van der Waals surface area contributed by atoms with Crippen LogP contribution in [0.15, 0.2) is 36.4 Å². The molecule has 0 radical (unpaired) electrons. The third kappa shape index (κ3) is 7.18. The van der Waals surface area contributed by atoms with Crippen molar-refractivity contribution in [3.8, 4) is 11.5 Å². The number of amides is 1.